The highest BCUT2D eigenvalue weighted by atomic mass is 35.5. The van der Waals surface area contributed by atoms with E-state index >= 15 is 0 Å². The number of nitrogens with zero attached hydrogens (tertiary/aromatic N) is 2. The molecule has 1 aromatic heterocycles. The van der Waals surface area contributed by atoms with E-state index in [0.717, 1.165) is 16.3 Å². The molecule has 1 aliphatic rings. The Kier molecular flexibility index (Phi) is 4.40. The van der Waals surface area contributed by atoms with Crippen LogP contribution in [0, 0.1) is 13.8 Å². The van der Waals surface area contributed by atoms with E-state index in [4.69, 9.17) is 11.6 Å². The second kappa shape index (κ2) is 6.29. The fraction of sp³-hybridized carbons (Fsp3) is 0.316. The number of aryl methyl sites for hydroxylation is 1. The molecule has 6 nitrogen and oxygen atoms in total. The molecule has 0 unspecified atom stereocenters. The molecule has 136 valence electrons. The molecule has 1 aromatic carbocycles. The summed E-state index contributed by atoms with van der Waals surface area (Å²) in [5.74, 6) is -0.724. The smallest absolute Gasteiger partial charge is 0.325 e. The van der Waals surface area contributed by atoms with Crippen LogP contribution in [0.15, 0.2) is 30.3 Å². The van der Waals surface area contributed by atoms with Gasteiger partial charge in [0.2, 0.25) is 0 Å². The van der Waals surface area contributed by atoms with Crippen molar-refractivity contribution in [3.8, 4) is 0 Å². The normalized spacial score (nSPS) is 19.8. The van der Waals surface area contributed by atoms with E-state index < -0.39 is 17.5 Å². The lowest BCUT2D eigenvalue weighted by Crippen LogP contribution is -2.41. The summed E-state index contributed by atoms with van der Waals surface area (Å²) in [7, 11) is 1.87. The quantitative estimate of drug-likeness (QED) is 0.661. The summed E-state index contributed by atoms with van der Waals surface area (Å²) in [5, 5.41) is 3.23. The zero-order valence-corrected chi connectivity index (χ0v) is 15.8. The SMILES string of the molecule is Cc1cc(C(=O)CN2C(=O)N[C@@](C)(c3ccc(Cl)cc3)C2=O)c(C)n1C. The van der Waals surface area contributed by atoms with Gasteiger partial charge in [0, 0.05) is 29.0 Å². The second-order valence-electron chi connectivity index (χ2n) is 6.72. The summed E-state index contributed by atoms with van der Waals surface area (Å²) < 4.78 is 1.90. The molecule has 7 heteroatoms. The predicted molar refractivity (Wildman–Crippen MR) is 98.3 cm³/mol. The second-order valence-corrected chi connectivity index (χ2v) is 7.16. The van der Waals surface area contributed by atoms with Crippen molar-refractivity contribution in [3.05, 3.63) is 57.9 Å². The molecular weight excluding hydrogens is 354 g/mol. The van der Waals surface area contributed by atoms with Gasteiger partial charge in [-0.15, -0.1) is 0 Å². The first-order valence-corrected chi connectivity index (χ1v) is 8.59. The summed E-state index contributed by atoms with van der Waals surface area (Å²) >= 11 is 5.89. The Morgan fingerprint density at radius 1 is 1.19 bits per heavy atom. The van der Waals surface area contributed by atoms with Gasteiger partial charge >= 0.3 is 6.03 Å². The number of imide groups is 1. The Bertz CT molecular complexity index is 917. The number of hydrogen-bond acceptors (Lipinski definition) is 3. The van der Waals surface area contributed by atoms with Crippen LogP contribution in [0.5, 0.6) is 0 Å². The van der Waals surface area contributed by atoms with Gasteiger partial charge in [0.25, 0.3) is 5.91 Å². The lowest BCUT2D eigenvalue weighted by atomic mass is 9.92. The van der Waals surface area contributed by atoms with Gasteiger partial charge in [0.1, 0.15) is 5.54 Å². The molecule has 26 heavy (non-hydrogen) atoms. The molecule has 0 aliphatic carbocycles. The van der Waals surface area contributed by atoms with Crippen molar-refractivity contribution in [1.82, 2.24) is 14.8 Å². The van der Waals surface area contributed by atoms with Crippen molar-refractivity contribution in [2.24, 2.45) is 7.05 Å². The highest BCUT2D eigenvalue weighted by molar-refractivity contribution is 6.30. The van der Waals surface area contributed by atoms with Gasteiger partial charge in [-0.05, 0) is 44.5 Å². The van der Waals surface area contributed by atoms with E-state index in [-0.39, 0.29) is 12.3 Å². The van der Waals surface area contributed by atoms with Gasteiger partial charge in [0.15, 0.2) is 5.78 Å². The number of nitrogens with one attached hydrogen (secondary N) is 1. The first-order chi connectivity index (χ1) is 12.1. The molecule has 2 heterocycles. The van der Waals surface area contributed by atoms with Crippen LogP contribution in [0.3, 0.4) is 0 Å². The van der Waals surface area contributed by atoms with Gasteiger partial charge in [-0.2, -0.15) is 0 Å². The number of hydrogen-bond donors (Lipinski definition) is 1. The van der Waals surface area contributed by atoms with Crippen molar-refractivity contribution >= 4 is 29.3 Å². The van der Waals surface area contributed by atoms with Crippen molar-refractivity contribution in [3.63, 3.8) is 0 Å². The maximum absolute atomic E-state index is 12.9. The van der Waals surface area contributed by atoms with Gasteiger partial charge in [-0.3, -0.25) is 14.5 Å². The number of rotatable bonds is 4. The Hall–Kier alpha value is -2.60. The number of urea groups is 1. The first kappa shape index (κ1) is 18.2. The van der Waals surface area contributed by atoms with Crippen LogP contribution < -0.4 is 5.32 Å². The molecule has 0 spiro atoms. The maximum Gasteiger partial charge on any atom is 0.325 e. The van der Waals surface area contributed by atoms with Crippen molar-refractivity contribution in [2.45, 2.75) is 26.3 Å². The lowest BCUT2D eigenvalue weighted by molar-refractivity contribution is -0.130. The van der Waals surface area contributed by atoms with Crippen LogP contribution in [0.25, 0.3) is 0 Å². The van der Waals surface area contributed by atoms with E-state index in [0.29, 0.717) is 16.1 Å². The third-order valence-electron chi connectivity index (χ3n) is 5.07. The minimum atomic E-state index is -1.22. The number of carbonyl (C=O) groups excluding carboxylic acids is 3. The predicted octanol–water partition coefficient (Wildman–Crippen LogP) is 2.95. The van der Waals surface area contributed by atoms with Crippen LogP contribution in [0.4, 0.5) is 4.79 Å². The van der Waals surface area contributed by atoms with Gasteiger partial charge in [-0.1, -0.05) is 23.7 Å². The first-order valence-electron chi connectivity index (χ1n) is 8.21. The molecule has 1 atom stereocenters. The third-order valence-corrected chi connectivity index (χ3v) is 5.33. The van der Waals surface area contributed by atoms with E-state index in [2.05, 4.69) is 5.32 Å². The zero-order valence-electron chi connectivity index (χ0n) is 15.1. The Labute approximate surface area is 156 Å². The minimum Gasteiger partial charge on any atom is -0.351 e. The standard InChI is InChI=1S/C19H20ClN3O3/c1-11-9-15(12(2)22(11)4)16(24)10-23-17(25)19(3,21-18(23)26)13-5-7-14(20)8-6-13/h5-9H,10H2,1-4H3,(H,21,26)/t19-/m0/s1. The molecule has 1 aliphatic heterocycles. The van der Waals surface area contributed by atoms with E-state index in [1.54, 1.807) is 37.3 Å². The summed E-state index contributed by atoms with van der Waals surface area (Å²) in [4.78, 5) is 38.9. The van der Waals surface area contributed by atoms with E-state index in [1.165, 1.54) is 0 Å². The molecule has 2 aromatic rings. The topological polar surface area (TPSA) is 71.4 Å². The molecule has 1 fully saturated rings. The average molecular weight is 374 g/mol. The van der Waals surface area contributed by atoms with E-state index in [9.17, 15) is 14.4 Å². The van der Waals surface area contributed by atoms with Crippen molar-refractivity contribution < 1.29 is 14.4 Å². The summed E-state index contributed by atoms with van der Waals surface area (Å²) in [6, 6.07) is 7.89. The van der Waals surface area contributed by atoms with Crippen LogP contribution >= 0.6 is 11.6 Å². The number of amides is 3. The third kappa shape index (κ3) is 2.80. The minimum absolute atomic E-state index is 0.268. The zero-order chi connectivity index (χ0) is 19.2. The molecule has 1 N–H and O–H groups in total. The summed E-state index contributed by atoms with van der Waals surface area (Å²) in [6.45, 7) is 5.07. The highest BCUT2D eigenvalue weighted by Gasteiger charge is 2.49. The summed E-state index contributed by atoms with van der Waals surface area (Å²) in [5.41, 5.74) is 1.66. The van der Waals surface area contributed by atoms with Gasteiger partial charge in [0.05, 0.1) is 6.54 Å². The van der Waals surface area contributed by atoms with Crippen molar-refractivity contribution in [2.75, 3.05) is 6.54 Å². The summed E-state index contributed by atoms with van der Waals surface area (Å²) in [6.07, 6.45) is 0. The number of halogens is 1. The fourth-order valence-corrected chi connectivity index (χ4v) is 3.31. The highest BCUT2D eigenvalue weighted by Crippen LogP contribution is 2.30. The molecule has 0 radical (unpaired) electrons. The average Bonchev–Trinajstić information content (AvgIpc) is 2.98. The maximum atomic E-state index is 12.9. The molecule has 3 amide bonds. The lowest BCUT2D eigenvalue weighted by Gasteiger charge is -2.22. The van der Waals surface area contributed by atoms with Crippen molar-refractivity contribution in [1.29, 1.82) is 0 Å². The largest absolute Gasteiger partial charge is 0.351 e. The van der Waals surface area contributed by atoms with Crippen LogP contribution in [0.1, 0.15) is 34.2 Å². The van der Waals surface area contributed by atoms with Crippen LogP contribution in [-0.4, -0.2) is 33.7 Å². The van der Waals surface area contributed by atoms with Gasteiger partial charge in [-0.25, -0.2) is 4.79 Å². The Balaban J connectivity index is 1.86. The number of ketones is 1. The Morgan fingerprint density at radius 2 is 1.81 bits per heavy atom. The molecule has 3 rings (SSSR count). The molecule has 1 saturated heterocycles. The van der Waals surface area contributed by atoms with E-state index in [1.807, 2.05) is 25.5 Å². The fourth-order valence-electron chi connectivity index (χ4n) is 3.19. The number of aromatic nitrogens is 1. The molecule has 0 bridgehead atoms. The number of carbonyl (C=O) groups is 3. The van der Waals surface area contributed by atoms with Crippen LogP contribution in [0.2, 0.25) is 5.02 Å². The van der Waals surface area contributed by atoms with Crippen LogP contribution in [-0.2, 0) is 17.4 Å². The molecule has 0 saturated carbocycles. The monoisotopic (exact) mass is 373 g/mol. The Morgan fingerprint density at radius 3 is 2.35 bits per heavy atom. The number of benzene rings is 1. The number of Topliss-reactive ketones (excluding diaryl/α,β-unsaturated/α-hetero) is 1. The van der Waals surface area contributed by atoms with Gasteiger partial charge < -0.3 is 9.88 Å². The molecular formula is C19H20ClN3O3.